The van der Waals surface area contributed by atoms with Crippen LogP contribution in [0.25, 0.3) is 12.2 Å². The number of phenolic OH excluding ortho intramolecular Hbond substituents is 1. The van der Waals surface area contributed by atoms with Gasteiger partial charge in [-0.05, 0) is 36.6 Å². The summed E-state index contributed by atoms with van der Waals surface area (Å²) in [6, 6.07) is 15.1. The first-order valence-corrected chi connectivity index (χ1v) is 10.5. The van der Waals surface area contributed by atoms with E-state index in [4.69, 9.17) is 14.6 Å². The fraction of sp³-hybridized carbons (Fsp3) is 0.385. The Morgan fingerprint density at radius 1 is 0.931 bits per heavy atom. The van der Waals surface area contributed by atoms with Gasteiger partial charge in [0, 0.05) is 11.5 Å². The number of rotatable bonds is 7. The molecular formula is C26H34O3. The minimum atomic E-state index is -0.160. The number of para-hydroxylation sites is 1. The van der Waals surface area contributed by atoms with E-state index in [0.29, 0.717) is 12.0 Å². The first-order valence-electron chi connectivity index (χ1n) is 10.5. The number of aromatic hydroxyl groups is 1. The Morgan fingerprint density at radius 3 is 2.10 bits per heavy atom. The molecule has 2 aromatic rings. The first-order chi connectivity index (χ1) is 14.0. The van der Waals surface area contributed by atoms with E-state index in [0.717, 1.165) is 16.9 Å². The quantitative estimate of drug-likeness (QED) is 0.510. The Morgan fingerprint density at radius 2 is 1.59 bits per heavy atom. The lowest BCUT2D eigenvalue weighted by molar-refractivity contribution is -0.150. The van der Waals surface area contributed by atoms with Gasteiger partial charge < -0.3 is 14.6 Å². The van der Waals surface area contributed by atoms with Gasteiger partial charge in [0.15, 0.2) is 0 Å². The van der Waals surface area contributed by atoms with Gasteiger partial charge in [-0.1, -0.05) is 88.8 Å². The van der Waals surface area contributed by atoms with E-state index in [2.05, 4.69) is 27.0 Å². The second-order valence-corrected chi connectivity index (χ2v) is 7.66. The monoisotopic (exact) mass is 394 g/mol. The smallest absolute Gasteiger partial charge is 0.202 e. The number of ether oxygens (including phenoxy) is 2. The van der Waals surface area contributed by atoms with E-state index in [1.807, 2.05) is 42.5 Å². The van der Waals surface area contributed by atoms with Crippen molar-refractivity contribution >= 4 is 12.2 Å². The highest BCUT2D eigenvalue weighted by atomic mass is 16.7. The highest BCUT2D eigenvalue weighted by molar-refractivity contribution is 5.54. The van der Waals surface area contributed by atoms with E-state index in [1.54, 1.807) is 18.2 Å². The Kier molecular flexibility index (Phi) is 9.52. The van der Waals surface area contributed by atoms with Crippen molar-refractivity contribution < 1.29 is 14.6 Å². The van der Waals surface area contributed by atoms with Crippen molar-refractivity contribution in [3.05, 3.63) is 72.8 Å². The summed E-state index contributed by atoms with van der Waals surface area (Å²) < 4.78 is 12.2. The number of hydrogen-bond acceptors (Lipinski definition) is 3. The Bertz CT molecular complexity index is 743. The summed E-state index contributed by atoms with van der Waals surface area (Å²) in [7, 11) is 0. The molecule has 0 radical (unpaired) electrons. The lowest BCUT2D eigenvalue weighted by Gasteiger charge is -2.30. The summed E-state index contributed by atoms with van der Waals surface area (Å²) in [6.07, 6.45) is 9.90. The number of hydrogen-bond donors (Lipinski definition) is 1. The Hall–Kier alpha value is -2.52. The van der Waals surface area contributed by atoms with Crippen LogP contribution in [0.3, 0.4) is 0 Å². The highest BCUT2D eigenvalue weighted by Gasteiger charge is 2.22. The fourth-order valence-corrected chi connectivity index (χ4v) is 3.19. The van der Waals surface area contributed by atoms with Crippen LogP contribution in [0, 0.1) is 5.92 Å². The van der Waals surface area contributed by atoms with Gasteiger partial charge in [-0.3, -0.25) is 0 Å². The van der Waals surface area contributed by atoms with Crippen molar-refractivity contribution in [3.8, 4) is 11.5 Å². The third kappa shape index (κ3) is 7.78. The molecule has 0 amide bonds. The zero-order valence-corrected chi connectivity index (χ0v) is 17.7. The van der Waals surface area contributed by atoms with Crippen LogP contribution < -0.4 is 4.74 Å². The predicted molar refractivity (Wildman–Crippen MR) is 122 cm³/mol. The molecule has 29 heavy (non-hydrogen) atoms. The second kappa shape index (κ2) is 12.1. The molecule has 0 aromatic heterocycles. The molecule has 0 bridgehead atoms. The van der Waals surface area contributed by atoms with Gasteiger partial charge in [0.25, 0.3) is 0 Å². The van der Waals surface area contributed by atoms with E-state index in [9.17, 15) is 0 Å². The fourth-order valence-electron chi connectivity index (χ4n) is 3.19. The maximum Gasteiger partial charge on any atom is 0.202 e. The van der Waals surface area contributed by atoms with Gasteiger partial charge in [-0.25, -0.2) is 0 Å². The highest BCUT2D eigenvalue weighted by Crippen LogP contribution is 2.25. The van der Waals surface area contributed by atoms with Crippen LogP contribution in [-0.4, -0.2) is 17.5 Å². The molecule has 1 N–H and O–H groups in total. The SMILES string of the molecule is C=Cc1ccc(OC(OC2CCCCC2)C(C)C)cc1.C=Cc1ccccc1O. The van der Waals surface area contributed by atoms with E-state index in [-0.39, 0.29) is 12.0 Å². The summed E-state index contributed by atoms with van der Waals surface area (Å²) in [5, 5.41) is 9.04. The minimum absolute atomic E-state index is 0.160. The lowest BCUT2D eigenvalue weighted by atomic mass is 9.97. The normalized spacial score (nSPS) is 15.1. The molecule has 0 spiro atoms. The molecular weight excluding hydrogens is 360 g/mol. The standard InChI is InChI=1S/C18H26O2.C8H8O/c1-4-15-10-12-17(13-11-15)20-18(14(2)3)19-16-8-6-5-7-9-16;1-2-7-5-3-4-6-8(7)9/h4,10-14,16,18H,1,5-9H2,2-3H3;2-6,9H,1H2. The van der Waals surface area contributed by atoms with Crippen LogP contribution in [0.15, 0.2) is 61.7 Å². The van der Waals surface area contributed by atoms with Crippen LogP contribution in [0.1, 0.15) is 57.1 Å². The molecule has 3 nitrogen and oxygen atoms in total. The zero-order valence-electron chi connectivity index (χ0n) is 17.7. The van der Waals surface area contributed by atoms with Gasteiger partial charge >= 0.3 is 0 Å². The van der Waals surface area contributed by atoms with Crippen LogP contribution in [0.4, 0.5) is 0 Å². The van der Waals surface area contributed by atoms with E-state index < -0.39 is 0 Å². The van der Waals surface area contributed by atoms with Crippen LogP contribution in [0.2, 0.25) is 0 Å². The van der Waals surface area contributed by atoms with Crippen molar-refractivity contribution in [2.75, 3.05) is 0 Å². The molecule has 2 aromatic carbocycles. The van der Waals surface area contributed by atoms with Gasteiger partial charge in [0.2, 0.25) is 6.29 Å². The summed E-state index contributed by atoms with van der Waals surface area (Å²) in [4.78, 5) is 0. The van der Waals surface area contributed by atoms with Crippen LogP contribution in [-0.2, 0) is 4.74 Å². The average molecular weight is 395 g/mol. The van der Waals surface area contributed by atoms with Crippen molar-refractivity contribution in [2.45, 2.75) is 58.3 Å². The average Bonchev–Trinajstić information content (AvgIpc) is 2.75. The minimum Gasteiger partial charge on any atom is -0.507 e. The molecule has 3 heteroatoms. The number of benzene rings is 2. The predicted octanol–water partition coefficient (Wildman–Crippen LogP) is 7.08. The topological polar surface area (TPSA) is 38.7 Å². The molecule has 1 saturated carbocycles. The van der Waals surface area contributed by atoms with Crippen LogP contribution in [0.5, 0.6) is 11.5 Å². The molecule has 1 atom stereocenters. The molecule has 156 valence electrons. The van der Waals surface area contributed by atoms with E-state index >= 15 is 0 Å². The molecule has 1 aliphatic rings. The summed E-state index contributed by atoms with van der Waals surface area (Å²) in [5.74, 6) is 1.49. The summed E-state index contributed by atoms with van der Waals surface area (Å²) in [6.45, 7) is 11.6. The Labute approximate surface area is 175 Å². The maximum atomic E-state index is 9.04. The van der Waals surface area contributed by atoms with Crippen molar-refractivity contribution in [2.24, 2.45) is 5.92 Å². The lowest BCUT2D eigenvalue weighted by Crippen LogP contribution is -2.32. The van der Waals surface area contributed by atoms with Crippen LogP contribution >= 0.6 is 0 Å². The largest absolute Gasteiger partial charge is 0.507 e. The van der Waals surface area contributed by atoms with Gasteiger partial charge in [-0.15, -0.1) is 0 Å². The number of phenols is 1. The summed E-state index contributed by atoms with van der Waals surface area (Å²) >= 11 is 0. The third-order valence-electron chi connectivity index (χ3n) is 4.95. The zero-order chi connectivity index (χ0) is 21.1. The van der Waals surface area contributed by atoms with Crippen molar-refractivity contribution in [1.29, 1.82) is 0 Å². The molecule has 1 fully saturated rings. The van der Waals surface area contributed by atoms with Gasteiger partial charge in [0.05, 0.1) is 6.10 Å². The Balaban J connectivity index is 0.000000278. The van der Waals surface area contributed by atoms with Gasteiger partial charge in [-0.2, -0.15) is 0 Å². The molecule has 0 saturated heterocycles. The molecule has 1 unspecified atom stereocenters. The molecule has 1 aliphatic carbocycles. The first kappa shape index (κ1) is 22.8. The second-order valence-electron chi connectivity index (χ2n) is 7.66. The van der Waals surface area contributed by atoms with Gasteiger partial charge in [0.1, 0.15) is 11.5 Å². The third-order valence-corrected chi connectivity index (χ3v) is 4.95. The molecule has 0 heterocycles. The maximum absolute atomic E-state index is 9.04. The molecule has 3 rings (SSSR count). The van der Waals surface area contributed by atoms with Crippen molar-refractivity contribution in [1.82, 2.24) is 0 Å². The van der Waals surface area contributed by atoms with E-state index in [1.165, 1.54) is 32.1 Å². The summed E-state index contributed by atoms with van der Waals surface area (Å²) in [5.41, 5.74) is 1.88. The van der Waals surface area contributed by atoms with Crippen molar-refractivity contribution in [3.63, 3.8) is 0 Å². The molecule has 0 aliphatic heterocycles.